The molecule has 2 atom stereocenters. The largest absolute Gasteiger partial charge is 0.355 e. The van der Waals surface area contributed by atoms with Crippen LogP contribution in [0.15, 0.2) is 18.3 Å². The number of anilines is 3. The van der Waals surface area contributed by atoms with Crippen LogP contribution in [0.1, 0.15) is 57.8 Å². The molecule has 9 nitrogen and oxygen atoms in total. The lowest BCUT2D eigenvalue weighted by molar-refractivity contribution is -0.134. The molecule has 3 fully saturated rings. The second-order valence-electron chi connectivity index (χ2n) is 10.2. The molecule has 0 bridgehead atoms. The number of hydrogen-bond donors (Lipinski definition) is 2. The minimum Gasteiger partial charge on any atom is -0.355 e. The summed E-state index contributed by atoms with van der Waals surface area (Å²) in [5.74, 6) is -3.40. The third kappa shape index (κ3) is 6.26. The van der Waals surface area contributed by atoms with Gasteiger partial charge in [0.25, 0.3) is 5.92 Å². The molecule has 1 amide bonds. The summed E-state index contributed by atoms with van der Waals surface area (Å²) in [5, 5.41) is 23.2. The zero-order valence-corrected chi connectivity index (χ0v) is 21.2. The number of alkyl halides is 2. The number of piperidine rings is 1. The molecule has 36 heavy (non-hydrogen) atoms. The standard InChI is InChI=1S/C24H34F2N8OS/c25-24(26)10-13-33(19-6-3-1-2-4-7-19)15-17(24)14-21(35)29-23-32-31-22(36-23)28-18-9-12-34(16-18)20-8-5-11-27-30-20/h5,8,11,17-19H,1-4,6-7,9-10,12-16H2,(H,28,31)(H,29,32,35)/t17?,18-/m1/s1. The first-order valence-electron chi connectivity index (χ1n) is 13.0. The van der Waals surface area contributed by atoms with E-state index in [4.69, 9.17) is 0 Å². The van der Waals surface area contributed by atoms with E-state index in [2.05, 4.69) is 40.8 Å². The van der Waals surface area contributed by atoms with Gasteiger partial charge in [-0.3, -0.25) is 9.69 Å². The van der Waals surface area contributed by atoms with E-state index in [0.717, 1.165) is 51.0 Å². The smallest absolute Gasteiger partial charge is 0.253 e. The molecule has 0 aromatic carbocycles. The molecule has 2 aliphatic heterocycles. The van der Waals surface area contributed by atoms with E-state index in [1.807, 2.05) is 12.1 Å². The van der Waals surface area contributed by atoms with Gasteiger partial charge in [0, 0.05) is 63.2 Å². The SMILES string of the molecule is O=C(CC1CN(C2CCCCCC2)CCC1(F)F)Nc1nnc(N[C@@H]2CCN(c3cccnn3)C2)s1. The van der Waals surface area contributed by atoms with Gasteiger partial charge in [-0.15, -0.1) is 15.3 Å². The zero-order chi connectivity index (χ0) is 25.0. The highest BCUT2D eigenvalue weighted by Gasteiger charge is 2.46. The summed E-state index contributed by atoms with van der Waals surface area (Å²) in [6.45, 7) is 2.30. The van der Waals surface area contributed by atoms with Gasteiger partial charge in [0.15, 0.2) is 5.82 Å². The van der Waals surface area contributed by atoms with Crippen molar-refractivity contribution < 1.29 is 13.6 Å². The van der Waals surface area contributed by atoms with Gasteiger partial charge in [-0.1, -0.05) is 37.0 Å². The van der Waals surface area contributed by atoms with Crippen molar-refractivity contribution in [2.24, 2.45) is 5.92 Å². The van der Waals surface area contributed by atoms with E-state index in [9.17, 15) is 13.6 Å². The molecule has 0 spiro atoms. The normalized spacial score (nSPS) is 25.4. The van der Waals surface area contributed by atoms with Crippen molar-refractivity contribution in [2.45, 2.75) is 75.8 Å². The van der Waals surface area contributed by atoms with Crippen molar-refractivity contribution >= 4 is 33.3 Å². The highest BCUT2D eigenvalue weighted by atomic mass is 32.1. The predicted octanol–water partition coefficient (Wildman–Crippen LogP) is 4.03. The summed E-state index contributed by atoms with van der Waals surface area (Å²) in [7, 11) is 0. The van der Waals surface area contributed by atoms with Gasteiger partial charge < -0.3 is 15.5 Å². The van der Waals surface area contributed by atoms with E-state index in [-0.39, 0.29) is 25.4 Å². The first-order chi connectivity index (χ1) is 17.5. The van der Waals surface area contributed by atoms with Crippen LogP contribution in [0.2, 0.25) is 0 Å². The van der Waals surface area contributed by atoms with Crippen molar-refractivity contribution in [3.05, 3.63) is 18.3 Å². The van der Waals surface area contributed by atoms with Crippen LogP contribution in [0.3, 0.4) is 0 Å². The van der Waals surface area contributed by atoms with Gasteiger partial charge in [0.1, 0.15) is 0 Å². The van der Waals surface area contributed by atoms with Crippen LogP contribution in [-0.4, -0.2) is 75.4 Å². The Morgan fingerprint density at radius 3 is 2.64 bits per heavy atom. The molecule has 196 valence electrons. The minimum absolute atomic E-state index is 0.166. The Labute approximate surface area is 214 Å². The third-order valence-corrected chi connectivity index (χ3v) is 8.40. The van der Waals surface area contributed by atoms with Gasteiger partial charge in [-0.05, 0) is 31.4 Å². The number of nitrogens with zero attached hydrogens (tertiary/aromatic N) is 6. The number of aromatic nitrogens is 4. The van der Waals surface area contributed by atoms with Crippen molar-refractivity contribution in [1.82, 2.24) is 25.3 Å². The maximum Gasteiger partial charge on any atom is 0.253 e. The molecule has 5 rings (SSSR count). The highest BCUT2D eigenvalue weighted by molar-refractivity contribution is 7.19. The van der Waals surface area contributed by atoms with Crippen molar-refractivity contribution in [3.63, 3.8) is 0 Å². The van der Waals surface area contributed by atoms with Crippen LogP contribution in [0.5, 0.6) is 0 Å². The van der Waals surface area contributed by atoms with Gasteiger partial charge in [0.2, 0.25) is 16.2 Å². The highest BCUT2D eigenvalue weighted by Crippen LogP contribution is 2.38. The van der Waals surface area contributed by atoms with E-state index in [1.165, 1.54) is 24.2 Å². The Morgan fingerprint density at radius 1 is 1.06 bits per heavy atom. The summed E-state index contributed by atoms with van der Waals surface area (Å²) < 4.78 is 29.4. The predicted molar refractivity (Wildman–Crippen MR) is 136 cm³/mol. The van der Waals surface area contributed by atoms with E-state index >= 15 is 0 Å². The number of amides is 1. The molecule has 2 aromatic rings. The number of carbonyl (C=O) groups excluding carboxylic acids is 1. The Balaban J connectivity index is 1.12. The number of halogens is 2. The van der Waals surface area contributed by atoms with Crippen molar-refractivity contribution in [2.75, 3.05) is 41.7 Å². The van der Waals surface area contributed by atoms with E-state index in [1.54, 1.807) is 6.20 Å². The molecule has 3 aliphatic rings. The average Bonchev–Trinajstić information content (AvgIpc) is 3.42. The first kappa shape index (κ1) is 25.2. The van der Waals surface area contributed by atoms with Crippen LogP contribution < -0.4 is 15.5 Å². The van der Waals surface area contributed by atoms with Crippen LogP contribution in [0, 0.1) is 5.92 Å². The van der Waals surface area contributed by atoms with Crippen LogP contribution >= 0.6 is 11.3 Å². The summed E-state index contributed by atoms with van der Waals surface area (Å²) in [6.07, 6.45) is 9.09. The van der Waals surface area contributed by atoms with Gasteiger partial charge in [-0.2, -0.15) is 5.10 Å². The Morgan fingerprint density at radius 2 is 1.86 bits per heavy atom. The fourth-order valence-electron chi connectivity index (χ4n) is 5.62. The van der Waals surface area contributed by atoms with Gasteiger partial charge in [-0.25, -0.2) is 8.78 Å². The fraction of sp³-hybridized carbons (Fsp3) is 0.708. The molecule has 1 aliphatic carbocycles. The monoisotopic (exact) mass is 520 g/mol. The molecule has 2 N–H and O–H groups in total. The number of rotatable bonds is 7. The Hall–Kier alpha value is -2.47. The molecule has 0 radical (unpaired) electrons. The molecular weight excluding hydrogens is 486 g/mol. The molecule has 2 aromatic heterocycles. The maximum absolute atomic E-state index is 14.7. The zero-order valence-electron chi connectivity index (χ0n) is 20.4. The molecule has 1 unspecified atom stereocenters. The summed E-state index contributed by atoms with van der Waals surface area (Å²) in [5.41, 5.74) is 0. The van der Waals surface area contributed by atoms with Gasteiger partial charge in [0.05, 0.1) is 0 Å². The second kappa shape index (κ2) is 11.3. The average molecular weight is 521 g/mol. The molecule has 12 heteroatoms. The second-order valence-corrected chi connectivity index (χ2v) is 11.1. The molecule has 2 saturated heterocycles. The third-order valence-electron chi connectivity index (χ3n) is 7.63. The van der Waals surface area contributed by atoms with Crippen molar-refractivity contribution in [3.8, 4) is 0 Å². The molecule has 1 saturated carbocycles. The number of hydrogen-bond acceptors (Lipinski definition) is 9. The number of carbonyl (C=O) groups is 1. The van der Waals surface area contributed by atoms with Crippen LogP contribution in [-0.2, 0) is 4.79 Å². The summed E-state index contributed by atoms with van der Waals surface area (Å²) >= 11 is 1.22. The lowest BCUT2D eigenvalue weighted by Gasteiger charge is -2.42. The lowest BCUT2D eigenvalue weighted by Crippen LogP contribution is -2.51. The van der Waals surface area contributed by atoms with Gasteiger partial charge >= 0.3 is 0 Å². The summed E-state index contributed by atoms with van der Waals surface area (Å²) in [4.78, 5) is 17.1. The first-order valence-corrected chi connectivity index (χ1v) is 13.8. The Kier molecular flexibility index (Phi) is 7.90. The van der Waals surface area contributed by atoms with E-state index < -0.39 is 17.7 Å². The number of nitrogens with one attached hydrogen (secondary N) is 2. The fourth-order valence-corrected chi connectivity index (χ4v) is 6.36. The number of likely N-dealkylation sites (tertiary alicyclic amines) is 1. The van der Waals surface area contributed by atoms with Crippen LogP contribution in [0.4, 0.5) is 24.9 Å². The molecule has 4 heterocycles. The van der Waals surface area contributed by atoms with Crippen LogP contribution in [0.25, 0.3) is 0 Å². The lowest BCUT2D eigenvalue weighted by atomic mass is 9.88. The van der Waals surface area contributed by atoms with E-state index in [0.29, 0.717) is 22.8 Å². The topological polar surface area (TPSA) is 99.2 Å². The molecular formula is C24H34F2N8OS. The maximum atomic E-state index is 14.7. The summed E-state index contributed by atoms with van der Waals surface area (Å²) in [6, 6.07) is 4.33. The Bertz CT molecular complexity index is 1000. The minimum atomic E-state index is -2.83. The van der Waals surface area contributed by atoms with Crippen molar-refractivity contribution in [1.29, 1.82) is 0 Å². The quantitative estimate of drug-likeness (QED) is 0.528.